The number of hydrogen-bond acceptors (Lipinski definition) is 6. The van der Waals surface area contributed by atoms with Gasteiger partial charge in [0.2, 0.25) is 5.82 Å². The van der Waals surface area contributed by atoms with E-state index < -0.39 is 11.7 Å². The zero-order valence-electron chi connectivity index (χ0n) is 13.3. The van der Waals surface area contributed by atoms with Gasteiger partial charge in [0.05, 0.1) is 0 Å². The fraction of sp³-hybridized carbons (Fsp3) is 0.867. The second-order valence-electron chi connectivity index (χ2n) is 6.64. The highest BCUT2D eigenvalue weighted by atomic mass is 16.5. The van der Waals surface area contributed by atoms with Crippen LogP contribution in [0.25, 0.3) is 0 Å². The second kappa shape index (κ2) is 6.42. The van der Waals surface area contributed by atoms with E-state index in [-0.39, 0.29) is 5.89 Å². The molecule has 1 aliphatic rings. The van der Waals surface area contributed by atoms with Crippen LogP contribution in [-0.4, -0.2) is 28.4 Å². The minimum absolute atomic E-state index is 0.236. The van der Waals surface area contributed by atoms with E-state index in [9.17, 15) is 5.11 Å². The SMILES string of the molecule is CCOC1(c2noc(C(O)CCN)n2)CCC(C)(C)CC1. The minimum atomic E-state index is -0.796. The van der Waals surface area contributed by atoms with Crippen molar-refractivity contribution in [1.82, 2.24) is 10.1 Å². The van der Waals surface area contributed by atoms with Gasteiger partial charge in [0.25, 0.3) is 5.89 Å². The molecule has 0 spiro atoms. The van der Waals surface area contributed by atoms with Crippen LogP contribution < -0.4 is 5.73 Å². The van der Waals surface area contributed by atoms with E-state index in [1.807, 2.05) is 6.92 Å². The fourth-order valence-corrected chi connectivity index (χ4v) is 2.88. The first-order valence-corrected chi connectivity index (χ1v) is 7.79. The van der Waals surface area contributed by atoms with Crippen molar-refractivity contribution in [2.24, 2.45) is 11.1 Å². The van der Waals surface area contributed by atoms with Crippen molar-refractivity contribution in [3.05, 3.63) is 11.7 Å². The molecule has 1 aliphatic carbocycles. The lowest BCUT2D eigenvalue weighted by Crippen LogP contribution is -2.38. The Labute approximate surface area is 126 Å². The standard InChI is InChI=1S/C15H27N3O3/c1-4-20-15(8-6-14(2,3)7-9-15)13-17-12(21-18-13)11(19)5-10-16/h11,19H,4-10,16H2,1-3H3. The summed E-state index contributed by atoms with van der Waals surface area (Å²) in [7, 11) is 0. The number of nitrogens with two attached hydrogens (primary N) is 1. The molecule has 2 rings (SSSR count). The molecule has 3 N–H and O–H groups in total. The zero-order valence-corrected chi connectivity index (χ0v) is 13.3. The maximum atomic E-state index is 9.91. The lowest BCUT2D eigenvalue weighted by atomic mass is 9.70. The first-order valence-electron chi connectivity index (χ1n) is 7.79. The van der Waals surface area contributed by atoms with Crippen LogP contribution in [-0.2, 0) is 10.3 Å². The summed E-state index contributed by atoms with van der Waals surface area (Å²) < 4.78 is 11.2. The maximum Gasteiger partial charge on any atom is 0.255 e. The third-order valence-corrected chi connectivity index (χ3v) is 4.41. The van der Waals surface area contributed by atoms with Crippen LogP contribution in [0.3, 0.4) is 0 Å². The molecule has 0 aliphatic heterocycles. The Bertz CT molecular complexity index is 449. The lowest BCUT2D eigenvalue weighted by molar-refractivity contribution is -0.0957. The molecule has 1 heterocycles. The van der Waals surface area contributed by atoms with E-state index in [1.165, 1.54) is 0 Å². The zero-order chi connectivity index (χ0) is 15.5. The number of ether oxygens (including phenoxy) is 1. The molecule has 6 heteroatoms. The number of aromatic nitrogens is 2. The van der Waals surface area contributed by atoms with E-state index in [0.29, 0.717) is 30.8 Å². The van der Waals surface area contributed by atoms with Gasteiger partial charge in [-0.2, -0.15) is 4.98 Å². The summed E-state index contributed by atoms with van der Waals surface area (Å²) in [4.78, 5) is 4.38. The molecule has 1 unspecified atom stereocenters. The van der Waals surface area contributed by atoms with Gasteiger partial charge in [-0.3, -0.25) is 0 Å². The fourth-order valence-electron chi connectivity index (χ4n) is 2.88. The summed E-state index contributed by atoms with van der Waals surface area (Å²) in [6.45, 7) is 7.51. The third kappa shape index (κ3) is 3.62. The molecule has 1 aromatic heterocycles. The molecule has 0 bridgehead atoms. The van der Waals surface area contributed by atoms with E-state index in [0.717, 1.165) is 25.7 Å². The highest BCUT2D eigenvalue weighted by Crippen LogP contribution is 2.46. The van der Waals surface area contributed by atoms with E-state index in [1.54, 1.807) is 0 Å². The predicted octanol–water partition coefficient (Wildman–Crippen LogP) is 2.28. The van der Waals surface area contributed by atoms with Crippen molar-refractivity contribution in [1.29, 1.82) is 0 Å². The molecule has 0 aromatic carbocycles. The van der Waals surface area contributed by atoms with Gasteiger partial charge < -0.3 is 20.1 Å². The minimum Gasteiger partial charge on any atom is -0.383 e. The first kappa shape index (κ1) is 16.4. The Morgan fingerprint density at radius 2 is 2.00 bits per heavy atom. The molecule has 0 saturated heterocycles. The number of nitrogens with zero attached hydrogens (tertiary/aromatic N) is 2. The van der Waals surface area contributed by atoms with Crippen molar-refractivity contribution < 1.29 is 14.4 Å². The number of hydrogen-bond donors (Lipinski definition) is 2. The first-order chi connectivity index (χ1) is 9.92. The van der Waals surface area contributed by atoms with Gasteiger partial charge in [0, 0.05) is 6.61 Å². The molecule has 1 saturated carbocycles. The van der Waals surface area contributed by atoms with Crippen molar-refractivity contribution in [3.8, 4) is 0 Å². The van der Waals surface area contributed by atoms with Crippen molar-refractivity contribution >= 4 is 0 Å². The van der Waals surface area contributed by atoms with Gasteiger partial charge in [0.1, 0.15) is 11.7 Å². The topological polar surface area (TPSA) is 94.4 Å². The Hall–Kier alpha value is -0.980. The molecule has 1 fully saturated rings. The van der Waals surface area contributed by atoms with Gasteiger partial charge in [0.15, 0.2) is 0 Å². The maximum absolute atomic E-state index is 9.91. The van der Waals surface area contributed by atoms with Gasteiger partial charge in [-0.15, -0.1) is 0 Å². The molecule has 1 atom stereocenters. The Morgan fingerprint density at radius 1 is 1.33 bits per heavy atom. The number of rotatable bonds is 6. The van der Waals surface area contributed by atoms with Gasteiger partial charge in [-0.25, -0.2) is 0 Å². The quantitative estimate of drug-likeness (QED) is 0.836. The summed E-state index contributed by atoms with van der Waals surface area (Å²) in [6.07, 6.45) is 3.48. The van der Waals surface area contributed by atoms with Crippen LogP contribution in [0.5, 0.6) is 0 Å². The van der Waals surface area contributed by atoms with Crippen LogP contribution in [0.1, 0.15) is 70.7 Å². The second-order valence-corrected chi connectivity index (χ2v) is 6.64. The van der Waals surface area contributed by atoms with Crippen molar-refractivity contribution in [2.45, 2.75) is 64.6 Å². The number of aliphatic hydroxyl groups excluding tert-OH is 1. The van der Waals surface area contributed by atoms with Crippen molar-refractivity contribution in [2.75, 3.05) is 13.2 Å². The Morgan fingerprint density at radius 3 is 2.57 bits per heavy atom. The normalized spacial score (nSPS) is 22.1. The van der Waals surface area contributed by atoms with Crippen LogP contribution in [0, 0.1) is 5.41 Å². The van der Waals surface area contributed by atoms with Gasteiger partial charge in [-0.1, -0.05) is 19.0 Å². The van der Waals surface area contributed by atoms with Gasteiger partial charge in [-0.05, 0) is 51.0 Å². The molecular weight excluding hydrogens is 270 g/mol. The third-order valence-electron chi connectivity index (χ3n) is 4.41. The smallest absolute Gasteiger partial charge is 0.255 e. The summed E-state index contributed by atoms with van der Waals surface area (Å²) in [5.41, 5.74) is 5.29. The average Bonchev–Trinajstić information content (AvgIpc) is 2.92. The molecule has 0 radical (unpaired) electrons. The molecule has 120 valence electrons. The van der Waals surface area contributed by atoms with E-state index >= 15 is 0 Å². The highest BCUT2D eigenvalue weighted by molar-refractivity contribution is 5.06. The summed E-state index contributed by atoms with van der Waals surface area (Å²) in [6, 6.07) is 0. The van der Waals surface area contributed by atoms with E-state index in [4.69, 9.17) is 15.0 Å². The van der Waals surface area contributed by atoms with Crippen molar-refractivity contribution in [3.63, 3.8) is 0 Å². The predicted molar refractivity (Wildman–Crippen MR) is 78.5 cm³/mol. The average molecular weight is 297 g/mol. The lowest BCUT2D eigenvalue weighted by Gasteiger charge is -2.41. The number of aliphatic hydroxyl groups is 1. The van der Waals surface area contributed by atoms with Crippen LogP contribution >= 0.6 is 0 Å². The van der Waals surface area contributed by atoms with Crippen LogP contribution in [0.4, 0.5) is 0 Å². The molecule has 21 heavy (non-hydrogen) atoms. The molecule has 0 amide bonds. The summed E-state index contributed by atoms with van der Waals surface area (Å²) >= 11 is 0. The van der Waals surface area contributed by atoms with Gasteiger partial charge >= 0.3 is 0 Å². The highest BCUT2D eigenvalue weighted by Gasteiger charge is 2.44. The van der Waals surface area contributed by atoms with Crippen LogP contribution in [0.2, 0.25) is 0 Å². The summed E-state index contributed by atoms with van der Waals surface area (Å²) in [5, 5.41) is 14.0. The Kier molecular flexibility index (Phi) is 5.01. The Balaban J connectivity index is 2.19. The van der Waals surface area contributed by atoms with Crippen LogP contribution in [0.15, 0.2) is 4.52 Å². The molecule has 1 aromatic rings. The van der Waals surface area contributed by atoms with E-state index in [2.05, 4.69) is 24.0 Å². The molecule has 6 nitrogen and oxygen atoms in total. The largest absolute Gasteiger partial charge is 0.383 e. The monoisotopic (exact) mass is 297 g/mol. The summed E-state index contributed by atoms with van der Waals surface area (Å²) in [5.74, 6) is 0.797. The molecular formula is C15H27N3O3.